The Morgan fingerprint density at radius 3 is 2.64 bits per heavy atom. The Kier molecular flexibility index (Phi) is 5.58. The summed E-state index contributed by atoms with van der Waals surface area (Å²) < 4.78 is 13.0. The van der Waals surface area contributed by atoms with Crippen molar-refractivity contribution in [2.75, 3.05) is 7.11 Å². The van der Waals surface area contributed by atoms with Crippen molar-refractivity contribution in [1.82, 2.24) is 19.5 Å². The van der Waals surface area contributed by atoms with Crippen molar-refractivity contribution >= 4 is 39.9 Å². The monoisotopic (exact) mass is 478 g/mol. The van der Waals surface area contributed by atoms with E-state index >= 15 is 0 Å². The van der Waals surface area contributed by atoms with E-state index < -0.39 is 0 Å². The predicted octanol–water partition coefficient (Wildman–Crippen LogP) is 5.68. The number of benzene rings is 2. The van der Waals surface area contributed by atoms with E-state index in [1.165, 1.54) is 12.5 Å². The lowest BCUT2D eigenvalue weighted by atomic mass is 10.1. The van der Waals surface area contributed by atoms with Gasteiger partial charge in [0, 0.05) is 23.2 Å². The molecule has 164 valence electrons. The molecule has 0 aliphatic rings. The molecule has 0 saturated carbocycles. The molecule has 3 heterocycles. The van der Waals surface area contributed by atoms with Crippen LogP contribution in [-0.2, 0) is 6.54 Å². The Morgan fingerprint density at radius 1 is 1.09 bits per heavy atom. The van der Waals surface area contributed by atoms with Crippen LogP contribution in [-0.4, -0.2) is 32.4 Å². The molecule has 0 atom stereocenters. The van der Waals surface area contributed by atoms with Gasteiger partial charge in [0.25, 0.3) is 0 Å². The van der Waals surface area contributed by atoms with E-state index in [2.05, 4.69) is 15.0 Å². The summed E-state index contributed by atoms with van der Waals surface area (Å²) in [6, 6.07) is 14.6. The van der Waals surface area contributed by atoms with Crippen molar-refractivity contribution in [3.63, 3.8) is 0 Å². The molecule has 0 spiro atoms. The number of hydrogen-bond acceptors (Lipinski definition) is 6. The molecule has 0 aliphatic heterocycles. The van der Waals surface area contributed by atoms with E-state index in [1.807, 2.05) is 41.0 Å². The molecule has 0 saturated heterocycles. The molecule has 2 aromatic carbocycles. The van der Waals surface area contributed by atoms with Crippen molar-refractivity contribution in [2.24, 2.45) is 0 Å². The van der Waals surface area contributed by atoms with Gasteiger partial charge in [0.2, 0.25) is 11.7 Å². The minimum absolute atomic E-state index is 0.0545. The summed E-state index contributed by atoms with van der Waals surface area (Å²) in [5.74, 6) is 0.496. The molecule has 0 fully saturated rings. The van der Waals surface area contributed by atoms with Gasteiger partial charge in [-0.05, 0) is 42.0 Å². The Morgan fingerprint density at radius 2 is 1.91 bits per heavy atom. The van der Waals surface area contributed by atoms with Gasteiger partial charge in [-0.1, -0.05) is 35.3 Å². The van der Waals surface area contributed by atoms with Crippen LogP contribution < -0.4 is 4.74 Å². The first-order valence-corrected chi connectivity index (χ1v) is 10.7. The standard InChI is InChI=1S/C24H16Cl2N4O3/c1-32-16-6-7-19-17(10-16)21(23(26)30(19)12-14-2-4-15(25)5-3-14)22(31)20-11-28-24(33-20)18-8-9-27-13-29-18/h2-11,13H,12H2,1H3. The molecule has 5 rings (SSSR count). The van der Waals surface area contributed by atoms with E-state index in [0.29, 0.717) is 34.0 Å². The van der Waals surface area contributed by atoms with E-state index in [9.17, 15) is 4.79 Å². The maximum absolute atomic E-state index is 13.5. The molecular weight excluding hydrogens is 463 g/mol. The molecule has 5 aromatic rings. The maximum atomic E-state index is 13.5. The van der Waals surface area contributed by atoms with Gasteiger partial charge >= 0.3 is 0 Å². The zero-order chi connectivity index (χ0) is 22.9. The number of nitrogens with zero attached hydrogens (tertiary/aromatic N) is 4. The summed E-state index contributed by atoms with van der Waals surface area (Å²) >= 11 is 12.8. The zero-order valence-electron chi connectivity index (χ0n) is 17.3. The number of ether oxygens (including phenoxy) is 1. The Bertz CT molecular complexity index is 1460. The van der Waals surface area contributed by atoms with Crippen LogP contribution in [0.2, 0.25) is 10.2 Å². The average Bonchev–Trinajstić information content (AvgIpc) is 3.44. The van der Waals surface area contributed by atoms with Gasteiger partial charge in [0.05, 0.1) is 24.4 Å². The highest BCUT2D eigenvalue weighted by molar-refractivity contribution is 6.37. The van der Waals surface area contributed by atoms with Gasteiger partial charge in [0.1, 0.15) is 22.9 Å². The summed E-state index contributed by atoms with van der Waals surface area (Å²) in [5.41, 5.74) is 2.56. The van der Waals surface area contributed by atoms with Crippen molar-refractivity contribution in [1.29, 1.82) is 0 Å². The summed E-state index contributed by atoms with van der Waals surface area (Å²) in [6.07, 6.45) is 4.33. The highest BCUT2D eigenvalue weighted by Crippen LogP contribution is 2.35. The third-order valence-electron chi connectivity index (χ3n) is 5.22. The lowest BCUT2D eigenvalue weighted by Gasteiger charge is -2.08. The van der Waals surface area contributed by atoms with Crippen LogP contribution in [0.1, 0.15) is 21.7 Å². The predicted molar refractivity (Wildman–Crippen MR) is 125 cm³/mol. The number of oxazole rings is 1. The lowest BCUT2D eigenvalue weighted by Crippen LogP contribution is -2.03. The minimum atomic E-state index is -0.388. The summed E-state index contributed by atoms with van der Waals surface area (Å²) in [4.78, 5) is 25.7. The van der Waals surface area contributed by atoms with Crippen molar-refractivity contribution in [2.45, 2.75) is 6.54 Å². The van der Waals surface area contributed by atoms with Crippen LogP contribution in [0, 0.1) is 0 Å². The number of hydrogen-bond donors (Lipinski definition) is 0. The van der Waals surface area contributed by atoms with Gasteiger partial charge in [-0.3, -0.25) is 4.79 Å². The van der Waals surface area contributed by atoms with Gasteiger partial charge < -0.3 is 13.7 Å². The number of aromatic nitrogens is 4. The van der Waals surface area contributed by atoms with Gasteiger partial charge in [0.15, 0.2) is 5.76 Å². The summed E-state index contributed by atoms with van der Waals surface area (Å²) in [6.45, 7) is 0.453. The van der Waals surface area contributed by atoms with Crippen LogP contribution in [0.4, 0.5) is 0 Å². The van der Waals surface area contributed by atoms with Crippen LogP contribution >= 0.6 is 23.2 Å². The second-order valence-electron chi connectivity index (χ2n) is 7.21. The first kappa shape index (κ1) is 21.2. The number of ketones is 1. The first-order chi connectivity index (χ1) is 16.0. The Balaban J connectivity index is 1.61. The smallest absolute Gasteiger partial charge is 0.245 e. The molecule has 0 unspecified atom stereocenters. The normalized spacial score (nSPS) is 11.1. The Labute approximate surface area is 198 Å². The van der Waals surface area contributed by atoms with Gasteiger partial charge in [-0.2, -0.15) is 0 Å². The quantitative estimate of drug-likeness (QED) is 0.292. The fourth-order valence-electron chi connectivity index (χ4n) is 3.61. The summed E-state index contributed by atoms with van der Waals surface area (Å²) in [5, 5.41) is 1.59. The molecule has 9 heteroatoms. The van der Waals surface area contributed by atoms with Gasteiger partial charge in [-0.25, -0.2) is 15.0 Å². The van der Waals surface area contributed by atoms with E-state index in [-0.39, 0.29) is 22.6 Å². The number of carbonyl (C=O) groups is 1. The highest BCUT2D eigenvalue weighted by atomic mass is 35.5. The third kappa shape index (κ3) is 3.97. The maximum Gasteiger partial charge on any atom is 0.245 e. The van der Waals surface area contributed by atoms with Crippen LogP contribution in [0.25, 0.3) is 22.5 Å². The summed E-state index contributed by atoms with van der Waals surface area (Å²) in [7, 11) is 1.57. The number of methoxy groups -OCH3 is 1. The first-order valence-electron chi connectivity index (χ1n) is 9.92. The van der Waals surface area contributed by atoms with E-state index in [1.54, 1.807) is 25.4 Å². The second kappa shape index (κ2) is 8.69. The molecule has 0 aliphatic carbocycles. The van der Waals surface area contributed by atoms with Crippen LogP contribution in [0.15, 0.2) is 71.7 Å². The lowest BCUT2D eigenvalue weighted by molar-refractivity contribution is 0.101. The average molecular weight is 479 g/mol. The van der Waals surface area contributed by atoms with Crippen molar-refractivity contribution in [3.8, 4) is 17.3 Å². The van der Waals surface area contributed by atoms with Gasteiger partial charge in [-0.15, -0.1) is 0 Å². The van der Waals surface area contributed by atoms with Crippen LogP contribution in [0.3, 0.4) is 0 Å². The molecule has 33 heavy (non-hydrogen) atoms. The second-order valence-corrected chi connectivity index (χ2v) is 8.01. The van der Waals surface area contributed by atoms with Crippen molar-refractivity contribution < 1.29 is 13.9 Å². The SMILES string of the molecule is COc1ccc2c(c1)c(C(=O)c1cnc(-c3ccncn3)o1)c(Cl)n2Cc1ccc(Cl)cc1. The van der Waals surface area contributed by atoms with E-state index in [0.717, 1.165) is 11.1 Å². The minimum Gasteiger partial charge on any atom is -0.497 e. The fourth-order valence-corrected chi connectivity index (χ4v) is 4.07. The number of rotatable bonds is 6. The largest absolute Gasteiger partial charge is 0.497 e. The van der Waals surface area contributed by atoms with Crippen molar-refractivity contribution in [3.05, 3.63) is 94.3 Å². The molecule has 0 amide bonds. The molecule has 0 N–H and O–H groups in total. The number of fused-ring (bicyclic) bond motifs is 1. The Hall–Kier alpha value is -3.68. The molecule has 7 nitrogen and oxygen atoms in total. The topological polar surface area (TPSA) is 83.0 Å². The third-order valence-corrected chi connectivity index (χ3v) is 5.86. The molecule has 0 radical (unpaired) electrons. The highest BCUT2D eigenvalue weighted by Gasteiger charge is 2.26. The molecular formula is C24H16Cl2N4O3. The molecule has 3 aromatic heterocycles. The zero-order valence-corrected chi connectivity index (χ0v) is 18.8. The number of halogens is 2. The van der Waals surface area contributed by atoms with E-state index in [4.69, 9.17) is 32.4 Å². The van der Waals surface area contributed by atoms with Crippen LogP contribution in [0.5, 0.6) is 5.75 Å². The fraction of sp³-hybridized carbons (Fsp3) is 0.0833. The number of carbonyl (C=O) groups excluding carboxylic acids is 1. The molecule has 0 bridgehead atoms.